The van der Waals surface area contributed by atoms with Crippen LogP contribution >= 0.6 is 11.3 Å². The van der Waals surface area contributed by atoms with Gasteiger partial charge in [-0.3, -0.25) is 4.79 Å². The molecule has 0 bridgehead atoms. The van der Waals surface area contributed by atoms with E-state index in [0.717, 1.165) is 34.4 Å². The smallest absolute Gasteiger partial charge is 0.293 e. The van der Waals surface area contributed by atoms with E-state index in [9.17, 15) is 9.90 Å². The minimum Gasteiger partial charge on any atom is -0.395 e. The Morgan fingerprint density at radius 2 is 2.00 bits per heavy atom. The Labute approximate surface area is 178 Å². The molecule has 0 saturated carbocycles. The van der Waals surface area contributed by atoms with Gasteiger partial charge >= 0.3 is 0 Å². The van der Waals surface area contributed by atoms with E-state index in [1.54, 1.807) is 20.8 Å². The number of aryl methyl sites for hydroxylation is 3. The zero-order chi connectivity index (χ0) is 20.7. The van der Waals surface area contributed by atoms with Gasteiger partial charge in [0.05, 0.1) is 12.0 Å². The minimum absolute atomic E-state index is 0.116. The maximum Gasteiger partial charge on any atom is 0.293 e. The fraction of sp³-hybridized carbons (Fsp3) is 0.364. The number of hydrogen-bond acceptors (Lipinski definition) is 6. The van der Waals surface area contributed by atoms with Crippen LogP contribution in [0, 0.1) is 6.92 Å². The zero-order valence-corrected chi connectivity index (χ0v) is 17.7. The topological polar surface area (TPSA) is 83.6 Å². The number of fused-ring (bicyclic) bond motifs is 5. The zero-order valence-electron chi connectivity index (χ0n) is 16.8. The van der Waals surface area contributed by atoms with Crippen molar-refractivity contribution in [2.24, 2.45) is 0 Å². The van der Waals surface area contributed by atoms with Crippen LogP contribution in [0.25, 0.3) is 15.9 Å². The Bertz CT molecular complexity index is 1230. The summed E-state index contributed by atoms with van der Waals surface area (Å²) in [6.07, 6.45) is 4.49. The molecule has 8 heteroatoms. The van der Waals surface area contributed by atoms with Crippen LogP contribution in [-0.4, -0.2) is 48.6 Å². The molecule has 0 unspecified atom stereocenters. The molecule has 1 aliphatic rings. The van der Waals surface area contributed by atoms with E-state index < -0.39 is 0 Å². The third-order valence-electron chi connectivity index (χ3n) is 5.62. The summed E-state index contributed by atoms with van der Waals surface area (Å²) in [5.74, 6) is 0.584. The molecule has 5 rings (SSSR count). The number of benzene rings is 1. The lowest BCUT2D eigenvalue weighted by molar-refractivity contribution is 0.0696. The Hall–Kier alpha value is -2.84. The van der Waals surface area contributed by atoms with Crippen molar-refractivity contribution < 1.29 is 9.90 Å². The van der Waals surface area contributed by atoms with Crippen LogP contribution in [0.5, 0.6) is 0 Å². The number of rotatable bonds is 5. The quantitative estimate of drug-likeness (QED) is 0.535. The van der Waals surface area contributed by atoms with E-state index in [0.29, 0.717) is 12.2 Å². The summed E-state index contributed by atoms with van der Waals surface area (Å²) < 4.78 is 1.69. The van der Waals surface area contributed by atoms with Crippen LogP contribution in [0.3, 0.4) is 0 Å². The van der Waals surface area contributed by atoms with E-state index in [1.807, 2.05) is 37.3 Å². The molecule has 1 aromatic carbocycles. The lowest BCUT2D eigenvalue weighted by Crippen LogP contribution is -2.33. The highest BCUT2D eigenvalue weighted by Gasteiger charge is 2.25. The highest BCUT2D eigenvalue weighted by molar-refractivity contribution is 7.19. The molecule has 0 atom stereocenters. The molecule has 7 nitrogen and oxygen atoms in total. The van der Waals surface area contributed by atoms with Gasteiger partial charge in [-0.2, -0.15) is 4.52 Å². The summed E-state index contributed by atoms with van der Waals surface area (Å²) in [6.45, 7) is 2.40. The minimum atomic E-state index is -0.284. The highest BCUT2D eigenvalue weighted by Crippen LogP contribution is 2.37. The van der Waals surface area contributed by atoms with Crippen molar-refractivity contribution in [1.29, 1.82) is 0 Å². The first-order valence-electron chi connectivity index (χ1n) is 10.3. The fourth-order valence-corrected chi connectivity index (χ4v) is 5.47. The van der Waals surface area contributed by atoms with E-state index in [1.165, 1.54) is 23.3 Å². The molecule has 30 heavy (non-hydrogen) atoms. The SMILES string of the molecule is Cc1nc2sc3c(c2c2nc(C(=O)N(CCO)Cc4ccccc4)nn12)CCCC3. The van der Waals surface area contributed by atoms with Crippen LogP contribution in [0.15, 0.2) is 30.3 Å². The normalized spacial score (nSPS) is 13.7. The van der Waals surface area contributed by atoms with Gasteiger partial charge in [-0.15, -0.1) is 16.4 Å². The monoisotopic (exact) mass is 421 g/mol. The maximum absolute atomic E-state index is 13.2. The van der Waals surface area contributed by atoms with Gasteiger partial charge in [0.25, 0.3) is 5.91 Å². The number of thiophene rings is 1. The third kappa shape index (κ3) is 3.26. The molecular weight excluding hydrogens is 398 g/mol. The summed E-state index contributed by atoms with van der Waals surface area (Å²) in [5, 5.41) is 15.0. The Morgan fingerprint density at radius 3 is 2.80 bits per heavy atom. The third-order valence-corrected chi connectivity index (χ3v) is 6.80. The largest absolute Gasteiger partial charge is 0.395 e. The van der Waals surface area contributed by atoms with Gasteiger partial charge in [-0.05, 0) is 43.7 Å². The van der Waals surface area contributed by atoms with Crippen LogP contribution in [0.4, 0.5) is 0 Å². The summed E-state index contributed by atoms with van der Waals surface area (Å²) in [6, 6.07) is 9.74. The molecule has 3 heterocycles. The molecular formula is C22H23N5O2S. The van der Waals surface area contributed by atoms with Gasteiger partial charge < -0.3 is 10.0 Å². The number of aromatic nitrogens is 4. The Kier molecular flexibility index (Phi) is 4.96. The number of aliphatic hydroxyl groups is 1. The van der Waals surface area contributed by atoms with Crippen LogP contribution < -0.4 is 0 Å². The summed E-state index contributed by atoms with van der Waals surface area (Å²) in [4.78, 5) is 26.6. The van der Waals surface area contributed by atoms with Crippen molar-refractivity contribution >= 4 is 33.1 Å². The second-order valence-corrected chi connectivity index (χ2v) is 8.74. The molecule has 1 amide bonds. The number of carbonyl (C=O) groups is 1. The average molecular weight is 422 g/mol. The number of nitrogens with zero attached hydrogens (tertiary/aromatic N) is 5. The predicted molar refractivity (Wildman–Crippen MR) is 116 cm³/mol. The van der Waals surface area contributed by atoms with Crippen LogP contribution in [0.1, 0.15) is 45.3 Å². The Balaban J connectivity index is 1.58. The van der Waals surface area contributed by atoms with Crippen molar-refractivity contribution in [2.45, 2.75) is 39.2 Å². The second kappa shape index (κ2) is 7.77. The van der Waals surface area contributed by atoms with E-state index >= 15 is 0 Å². The van der Waals surface area contributed by atoms with Gasteiger partial charge in [0.2, 0.25) is 5.82 Å². The lowest BCUT2D eigenvalue weighted by Gasteiger charge is -2.20. The molecule has 0 fully saturated rings. The average Bonchev–Trinajstić information content (AvgIpc) is 3.35. The lowest BCUT2D eigenvalue weighted by atomic mass is 9.97. The van der Waals surface area contributed by atoms with Gasteiger partial charge in [-0.25, -0.2) is 9.97 Å². The molecule has 0 saturated heterocycles. The van der Waals surface area contributed by atoms with Crippen molar-refractivity contribution in [2.75, 3.05) is 13.2 Å². The Morgan fingerprint density at radius 1 is 1.20 bits per heavy atom. The van der Waals surface area contributed by atoms with Crippen molar-refractivity contribution in [3.8, 4) is 0 Å². The molecule has 154 valence electrons. The highest BCUT2D eigenvalue weighted by atomic mass is 32.1. The fourth-order valence-electron chi connectivity index (χ4n) is 4.16. The summed E-state index contributed by atoms with van der Waals surface area (Å²) in [5.41, 5.74) is 3.03. The predicted octanol–water partition coefficient (Wildman–Crippen LogP) is 3.16. The molecule has 0 spiro atoms. The van der Waals surface area contributed by atoms with E-state index in [-0.39, 0.29) is 24.9 Å². The van der Waals surface area contributed by atoms with Gasteiger partial charge in [-0.1, -0.05) is 30.3 Å². The first kappa shape index (κ1) is 19.1. The molecule has 0 aliphatic heterocycles. The molecule has 3 aromatic heterocycles. The second-order valence-electron chi connectivity index (χ2n) is 7.66. The number of carbonyl (C=O) groups excluding carboxylic acids is 1. The standard InChI is InChI=1S/C22H23N5O2S/c1-14-23-21-18(16-9-5-6-10-17(16)30-21)20-24-19(25-27(14)20)22(29)26(11-12-28)13-15-7-3-2-4-8-15/h2-4,7-8,28H,5-6,9-13H2,1H3. The first-order valence-corrected chi connectivity index (χ1v) is 11.1. The van der Waals surface area contributed by atoms with E-state index in [4.69, 9.17) is 4.98 Å². The summed E-state index contributed by atoms with van der Waals surface area (Å²) in [7, 11) is 0. The molecule has 1 aliphatic carbocycles. The summed E-state index contributed by atoms with van der Waals surface area (Å²) >= 11 is 1.74. The van der Waals surface area contributed by atoms with Crippen LogP contribution in [0.2, 0.25) is 0 Å². The van der Waals surface area contributed by atoms with Crippen molar-refractivity contribution in [3.63, 3.8) is 0 Å². The van der Waals surface area contributed by atoms with Crippen molar-refractivity contribution in [3.05, 3.63) is 58.0 Å². The van der Waals surface area contributed by atoms with Gasteiger partial charge in [0.15, 0.2) is 5.65 Å². The molecule has 1 N–H and O–H groups in total. The van der Waals surface area contributed by atoms with Gasteiger partial charge in [0.1, 0.15) is 10.7 Å². The molecule has 0 radical (unpaired) electrons. The maximum atomic E-state index is 13.2. The number of hydrogen-bond donors (Lipinski definition) is 1. The molecule has 4 aromatic rings. The van der Waals surface area contributed by atoms with Crippen molar-refractivity contribution in [1.82, 2.24) is 24.5 Å². The van der Waals surface area contributed by atoms with Gasteiger partial charge in [0, 0.05) is 18.0 Å². The van der Waals surface area contributed by atoms with Crippen LogP contribution in [-0.2, 0) is 19.4 Å². The number of amides is 1. The number of aliphatic hydroxyl groups excluding tert-OH is 1. The van der Waals surface area contributed by atoms with E-state index in [2.05, 4.69) is 10.1 Å². The first-order chi connectivity index (χ1) is 14.7.